The maximum atomic E-state index is 12.4. The quantitative estimate of drug-likeness (QED) is 0.181. The molecule has 164 valence electrons. The van der Waals surface area contributed by atoms with E-state index in [2.05, 4.69) is 26.0 Å². The van der Waals surface area contributed by atoms with Crippen molar-refractivity contribution < 1.29 is 14.3 Å². The molecule has 0 unspecified atom stereocenters. The number of pyridine rings is 1. The number of nitrogens with two attached hydrogens (primary N) is 2. The lowest BCUT2D eigenvalue weighted by atomic mass is 10.1. The van der Waals surface area contributed by atoms with E-state index in [1.807, 2.05) is 0 Å². The van der Waals surface area contributed by atoms with Gasteiger partial charge in [0.2, 0.25) is 5.91 Å². The number of para-hydroxylation sites is 1. The lowest BCUT2D eigenvalue weighted by molar-refractivity contribution is -0.117. The number of nitrogens with one attached hydrogen (secondary N) is 3. The van der Waals surface area contributed by atoms with E-state index in [1.54, 1.807) is 31.3 Å². The highest BCUT2D eigenvalue weighted by molar-refractivity contribution is 6.04. The van der Waals surface area contributed by atoms with Gasteiger partial charge in [-0.2, -0.15) is 0 Å². The molecule has 0 saturated heterocycles. The van der Waals surface area contributed by atoms with Crippen molar-refractivity contribution >= 4 is 34.8 Å². The molecule has 1 heterocycles. The van der Waals surface area contributed by atoms with Crippen molar-refractivity contribution in [2.24, 2.45) is 22.6 Å². The number of aromatic nitrogens is 1. The molecule has 1 aromatic carbocycles. The molecule has 1 fully saturated rings. The van der Waals surface area contributed by atoms with E-state index in [-0.39, 0.29) is 23.6 Å². The van der Waals surface area contributed by atoms with Crippen LogP contribution in [0.1, 0.15) is 28.8 Å². The number of rotatable bonds is 8. The minimum absolute atomic E-state index is 0.0246. The van der Waals surface area contributed by atoms with Gasteiger partial charge >= 0.3 is 0 Å². The number of amidine groups is 1. The van der Waals surface area contributed by atoms with Crippen LogP contribution < -0.4 is 32.3 Å². The fourth-order valence-electron chi connectivity index (χ4n) is 2.94. The van der Waals surface area contributed by atoms with Gasteiger partial charge in [0, 0.05) is 32.3 Å². The second-order valence-corrected chi connectivity index (χ2v) is 7.03. The van der Waals surface area contributed by atoms with Crippen molar-refractivity contribution in [3.8, 4) is 5.75 Å². The lowest BCUT2D eigenvalue weighted by Gasteiger charge is -2.17. The highest BCUT2D eigenvalue weighted by Gasteiger charge is 2.30. The van der Waals surface area contributed by atoms with Crippen LogP contribution in [0.2, 0.25) is 0 Å². The molecule has 2 amide bonds. The monoisotopic (exact) mass is 426 g/mol. The maximum Gasteiger partial charge on any atom is 0.254 e. The Bertz CT molecular complexity index is 1020. The van der Waals surface area contributed by atoms with Crippen molar-refractivity contribution in [1.82, 2.24) is 15.4 Å². The first kappa shape index (κ1) is 21.8. The van der Waals surface area contributed by atoms with Gasteiger partial charge in [0.1, 0.15) is 5.82 Å². The second-order valence-electron chi connectivity index (χ2n) is 7.03. The number of hydrazine groups is 1. The first-order valence-corrected chi connectivity index (χ1v) is 9.64. The summed E-state index contributed by atoms with van der Waals surface area (Å²) >= 11 is 0. The van der Waals surface area contributed by atoms with Crippen LogP contribution >= 0.6 is 0 Å². The smallest absolute Gasteiger partial charge is 0.254 e. The van der Waals surface area contributed by atoms with Gasteiger partial charge in [0.05, 0.1) is 29.6 Å². The SMILES string of the molecule is CNC(=O)c1cnc(NC(=O)C2CC2)cc1Nc1cccc(/C(N)=N/N(C)N)c1OC. The summed E-state index contributed by atoms with van der Waals surface area (Å²) in [4.78, 5) is 28.7. The number of nitrogens with zero attached hydrogens (tertiary/aromatic N) is 3. The van der Waals surface area contributed by atoms with E-state index in [1.165, 1.54) is 20.4 Å². The third-order valence-electron chi connectivity index (χ3n) is 4.60. The molecule has 0 bridgehead atoms. The fraction of sp³-hybridized carbons (Fsp3) is 0.300. The number of amides is 2. The minimum atomic E-state index is -0.337. The van der Waals surface area contributed by atoms with Gasteiger partial charge in [-0.1, -0.05) is 6.07 Å². The van der Waals surface area contributed by atoms with E-state index < -0.39 is 0 Å². The summed E-state index contributed by atoms with van der Waals surface area (Å²) in [5, 5.41) is 13.6. The molecule has 11 nitrogen and oxygen atoms in total. The van der Waals surface area contributed by atoms with Crippen LogP contribution in [0, 0.1) is 5.92 Å². The molecule has 0 radical (unpaired) electrons. The van der Waals surface area contributed by atoms with Crippen molar-refractivity contribution in [1.29, 1.82) is 0 Å². The summed E-state index contributed by atoms with van der Waals surface area (Å²) in [6.45, 7) is 0. The number of hydrogen-bond acceptors (Lipinski definition) is 8. The van der Waals surface area contributed by atoms with E-state index in [9.17, 15) is 9.59 Å². The number of benzene rings is 1. The lowest BCUT2D eigenvalue weighted by Crippen LogP contribution is -2.26. The molecule has 2 aromatic rings. The van der Waals surface area contributed by atoms with Gasteiger partial charge in [0.25, 0.3) is 5.91 Å². The first-order chi connectivity index (χ1) is 14.8. The molecular formula is C20H26N8O3. The zero-order chi connectivity index (χ0) is 22.5. The van der Waals surface area contributed by atoms with Crippen molar-refractivity contribution in [2.45, 2.75) is 12.8 Å². The normalized spacial score (nSPS) is 13.4. The third-order valence-corrected chi connectivity index (χ3v) is 4.60. The molecule has 11 heteroatoms. The van der Waals surface area contributed by atoms with Crippen LogP contribution in [0.15, 0.2) is 35.6 Å². The van der Waals surface area contributed by atoms with Crippen molar-refractivity contribution in [2.75, 3.05) is 31.8 Å². The first-order valence-electron chi connectivity index (χ1n) is 9.64. The number of hydrazone groups is 1. The van der Waals surface area contributed by atoms with Gasteiger partial charge in [-0.3, -0.25) is 9.59 Å². The Kier molecular flexibility index (Phi) is 6.55. The average molecular weight is 426 g/mol. The van der Waals surface area contributed by atoms with Crippen LogP contribution in [0.3, 0.4) is 0 Å². The second kappa shape index (κ2) is 9.30. The third kappa shape index (κ3) is 5.20. The molecule has 31 heavy (non-hydrogen) atoms. The van der Waals surface area contributed by atoms with Crippen LogP contribution in [-0.4, -0.2) is 49.0 Å². The minimum Gasteiger partial charge on any atom is -0.494 e. The average Bonchev–Trinajstić information content (AvgIpc) is 3.58. The Morgan fingerprint density at radius 1 is 1.26 bits per heavy atom. The maximum absolute atomic E-state index is 12.4. The highest BCUT2D eigenvalue weighted by atomic mass is 16.5. The Morgan fingerprint density at radius 3 is 2.61 bits per heavy atom. The number of carbonyl (C=O) groups excluding carboxylic acids is 2. The van der Waals surface area contributed by atoms with E-state index in [4.69, 9.17) is 16.3 Å². The molecule has 0 spiro atoms. The largest absolute Gasteiger partial charge is 0.494 e. The highest BCUT2D eigenvalue weighted by Crippen LogP contribution is 2.34. The van der Waals surface area contributed by atoms with Gasteiger partial charge in [-0.05, 0) is 25.0 Å². The van der Waals surface area contributed by atoms with E-state index in [0.717, 1.165) is 18.0 Å². The zero-order valence-corrected chi connectivity index (χ0v) is 17.6. The Hall–Kier alpha value is -3.86. The molecule has 1 aliphatic carbocycles. The molecule has 1 saturated carbocycles. The number of hydrogen-bond donors (Lipinski definition) is 5. The van der Waals surface area contributed by atoms with Gasteiger partial charge in [-0.25, -0.2) is 15.9 Å². The summed E-state index contributed by atoms with van der Waals surface area (Å²) < 4.78 is 5.54. The molecule has 0 atom stereocenters. The van der Waals surface area contributed by atoms with E-state index >= 15 is 0 Å². The summed E-state index contributed by atoms with van der Waals surface area (Å²) in [6, 6.07) is 6.86. The van der Waals surface area contributed by atoms with Crippen molar-refractivity contribution in [3.05, 3.63) is 41.6 Å². The Labute approximate surface area is 179 Å². The zero-order valence-electron chi connectivity index (χ0n) is 17.6. The number of carbonyl (C=O) groups is 2. The number of ether oxygens (including phenoxy) is 1. The topological polar surface area (TPSA) is 160 Å². The van der Waals surface area contributed by atoms with Crippen LogP contribution in [-0.2, 0) is 4.79 Å². The van der Waals surface area contributed by atoms with Gasteiger partial charge in [0.15, 0.2) is 11.6 Å². The van der Waals surface area contributed by atoms with Crippen LogP contribution in [0.25, 0.3) is 0 Å². The van der Waals surface area contributed by atoms with Crippen molar-refractivity contribution in [3.63, 3.8) is 0 Å². The van der Waals surface area contributed by atoms with Crippen LogP contribution in [0.4, 0.5) is 17.2 Å². The Morgan fingerprint density at radius 2 is 2.00 bits per heavy atom. The summed E-state index contributed by atoms with van der Waals surface area (Å²) in [6.07, 6.45) is 3.15. The fourth-order valence-corrected chi connectivity index (χ4v) is 2.94. The molecular weight excluding hydrogens is 400 g/mol. The molecule has 1 aliphatic rings. The molecule has 0 aliphatic heterocycles. The Balaban J connectivity index is 1.99. The predicted molar refractivity (Wildman–Crippen MR) is 118 cm³/mol. The molecule has 7 N–H and O–H groups in total. The van der Waals surface area contributed by atoms with E-state index in [0.29, 0.717) is 34.1 Å². The van der Waals surface area contributed by atoms with Gasteiger partial charge < -0.3 is 26.4 Å². The summed E-state index contributed by atoms with van der Waals surface area (Å²) in [5.41, 5.74) is 7.83. The predicted octanol–water partition coefficient (Wildman–Crippen LogP) is 0.968. The molecule has 3 rings (SSSR count). The number of anilines is 3. The van der Waals surface area contributed by atoms with Gasteiger partial charge in [-0.15, -0.1) is 5.10 Å². The summed E-state index contributed by atoms with van der Waals surface area (Å²) in [5.74, 6) is 6.07. The molecule has 1 aromatic heterocycles. The van der Waals surface area contributed by atoms with Crippen LogP contribution in [0.5, 0.6) is 5.75 Å². The summed E-state index contributed by atoms with van der Waals surface area (Å²) in [7, 11) is 4.57. The standard InChI is InChI=1S/C20H26N8O3/c1-23-20(30)13-10-24-16(26-19(29)11-7-8-11)9-15(13)25-14-6-4-5-12(17(14)31-3)18(21)27-28(2)22/h4-6,9-11H,7-8,22H2,1-3H3,(H2,21,27)(H,23,30)(H2,24,25,26,29). The number of methoxy groups -OCH3 is 1.